The first-order valence-electron chi connectivity index (χ1n) is 8.77. The molecule has 6 heteroatoms. The van der Waals surface area contributed by atoms with Crippen molar-refractivity contribution in [3.05, 3.63) is 47.7 Å². The van der Waals surface area contributed by atoms with Gasteiger partial charge in [0.15, 0.2) is 0 Å². The number of aryl methyl sites for hydroxylation is 1. The molecule has 1 amide bonds. The number of ether oxygens (including phenoxy) is 1. The monoisotopic (exact) mass is 375 g/mol. The standard InChI is InChI=1S/C20H25N3O2.ClH/c1-13-5-4-6-18(15(13)3)25-19-8-7-17(12-22-19)23-20(24)16-9-10-21-14(2)11-16;/h4-8,12,14,16,21H,9-11H2,1-3H3,(H,23,24);1H/t14-,16-;/m0./s1. The van der Waals surface area contributed by atoms with Gasteiger partial charge in [-0.1, -0.05) is 12.1 Å². The first-order chi connectivity index (χ1) is 12.0. The van der Waals surface area contributed by atoms with Crippen LogP contribution in [0.4, 0.5) is 5.69 Å². The number of amides is 1. The number of carbonyl (C=O) groups excluding carboxylic acids is 1. The Morgan fingerprint density at radius 2 is 2.08 bits per heavy atom. The van der Waals surface area contributed by atoms with Crippen LogP contribution in [0.3, 0.4) is 0 Å². The maximum absolute atomic E-state index is 12.4. The lowest BCUT2D eigenvalue weighted by Crippen LogP contribution is -2.40. The van der Waals surface area contributed by atoms with Crippen LogP contribution < -0.4 is 15.4 Å². The molecule has 1 aliphatic rings. The third-order valence-corrected chi connectivity index (χ3v) is 4.77. The Kier molecular flexibility index (Phi) is 7.00. The van der Waals surface area contributed by atoms with Crippen LogP contribution in [0.25, 0.3) is 0 Å². The molecule has 1 aromatic heterocycles. The van der Waals surface area contributed by atoms with Gasteiger partial charge in [0.25, 0.3) is 0 Å². The molecular weight excluding hydrogens is 350 g/mol. The molecule has 2 heterocycles. The summed E-state index contributed by atoms with van der Waals surface area (Å²) in [4.78, 5) is 16.7. The van der Waals surface area contributed by atoms with Crippen LogP contribution >= 0.6 is 12.4 Å². The lowest BCUT2D eigenvalue weighted by molar-refractivity contribution is -0.120. The Bertz CT molecular complexity index is 749. The van der Waals surface area contributed by atoms with E-state index in [2.05, 4.69) is 35.5 Å². The fourth-order valence-electron chi connectivity index (χ4n) is 3.08. The topological polar surface area (TPSA) is 63.2 Å². The minimum atomic E-state index is 0. The lowest BCUT2D eigenvalue weighted by atomic mass is 9.92. The zero-order chi connectivity index (χ0) is 17.8. The number of piperidine rings is 1. The summed E-state index contributed by atoms with van der Waals surface area (Å²) in [5.41, 5.74) is 2.98. The fourth-order valence-corrected chi connectivity index (χ4v) is 3.08. The van der Waals surface area contributed by atoms with E-state index in [9.17, 15) is 4.79 Å². The van der Waals surface area contributed by atoms with E-state index in [0.717, 1.165) is 30.7 Å². The Labute approximate surface area is 161 Å². The Morgan fingerprint density at radius 3 is 2.77 bits per heavy atom. The van der Waals surface area contributed by atoms with Crippen molar-refractivity contribution in [1.82, 2.24) is 10.3 Å². The van der Waals surface area contributed by atoms with Gasteiger partial charge in [-0.3, -0.25) is 4.79 Å². The molecule has 2 N–H and O–H groups in total. The van der Waals surface area contributed by atoms with Crippen LogP contribution in [-0.4, -0.2) is 23.5 Å². The third kappa shape index (κ3) is 4.96. The first kappa shape index (κ1) is 20.2. The number of hydrogen-bond acceptors (Lipinski definition) is 4. The van der Waals surface area contributed by atoms with E-state index in [4.69, 9.17) is 4.74 Å². The summed E-state index contributed by atoms with van der Waals surface area (Å²) in [6, 6.07) is 9.94. The molecule has 2 atom stereocenters. The van der Waals surface area contributed by atoms with Crippen LogP contribution in [0.2, 0.25) is 0 Å². The van der Waals surface area contributed by atoms with Gasteiger partial charge in [-0.2, -0.15) is 0 Å². The number of nitrogens with one attached hydrogen (secondary N) is 2. The highest BCUT2D eigenvalue weighted by Gasteiger charge is 2.24. The average Bonchev–Trinajstić information content (AvgIpc) is 2.60. The largest absolute Gasteiger partial charge is 0.439 e. The molecule has 0 bridgehead atoms. The summed E-state index contributed by atoms with van der Waals surface area (Å²) < 4.78 is 5.85. The first-order valence-corrected chi connectivity index (χ1v) is 8.77. The summed E-state index contributed by atoms with van der Waals surface area (Å²) in [7, 11) is 0. The normalized spacial score (nSPS) is 19.3. The quantitative estimate of drug-likeness (QED) is 0.839. The van der Waals surface area contributed by atoms with Gasteiger partial charge < -0.3 is 15.4 Å². The number of pyridine rings is 1. The lowest BCUT2D eigenvalue weighted by Gasteiger charge is -2.27. The SMILES string of the molecule is Cc1cccc(Oc2ccc(NC(=O)[C@H]3CCN[C@@H](C)C3)cn2)c1C.Cl. The molecule has 140 valence electrons. The van der Waals surface area contributed by atoms with Crippen molar-refractivity contribution >= 4 is 24.0 Å². The Hall–Kier alpha value is -2.11. The van der Waals surface area contributed by atoms with Gasteiger partial charge in [0.2, 0.25) is 11.8 Å². The number of carbonyl (C=O) groups is 1. The summed E-state index contributed by atoms with van der Waals surface area (Å²) in [6.07, 6.45) is 3.38. The van der Waals surface area contributed by atoms with Crippen molar-refractivity contribution in [1.29, 1.82) is 0 Å². The van der Waals surface area contributed by atoms with Crippen molar-refractivity contribution in [2.75, 3.05) is 11.9 Å². The molecule has 1 saturated heterocycles. The number of nitrogens with zero attached hydrogens (tertiary/aromatic N) is 1. The van der Waals surface area contributed by atoms with Gasteiger partial charge in [0.1, 0.15) is 5.75 Å². The molecule has 26 heavy (non-hydrogen) atoms. The highest BCUT2D eigenvalue weighted by Crippen LogP contribution is 2.26. The van der Waals surface area contributed by atoms with E-state index in [-0.39, 0.29) is 24.2 Å². The number of halogens is 1. The van der Waals surface area contributed by atoms with Crippen LogP contribution in [-0.2, 0) is 4.79 Å². The second kappa shape index (κ2) is 9.01. The summed E-state index contributed by atoms with van der Waals surface area (Å²) >= 11 is 0. The molecule has 0 saturated carbocycles. The summed E-state index contributed by atoms with van der Waals surface area (Å²) in [5, 5.41) is 6.32. The van der Waals surface area contributed by atoms with Crippen molar-refractivity contribution in [3.8, 4) is 11.6 Å². The molecule has 0 radical (unpaired) electrons. The zero-order valence-corrected chi connectivity index (χ0v) is 16.2. The predicted octanol–water partition coefficient (Wildman–Crippen LogP) is 4.24. The van der Waals surface area contributed by atoms with Gasteiger partial charge in [-0.25, -0.2) is 4.98 Å². The van der Waals surface area contributed by atoms with E-state index in [0.29, 0.717) is 17.6 Å². The van der Waals surface area contributed by atoms with Crippen molar-refractivity contribution in [2.45, 2.75) is 39.7 Å². The number of aromatic nitrogens is 1. The van der Waals surface area contributed by atoms with Crippen molar-refractivity contribution in [3.63, 3.8) is 0 Å². The average molecular weight is 376 g/mol. The maximum atomic E-state index is 12.4. The number of rotatable bonds is 4. The third-order valence-electron chi connectivity index (χ3n) is 4.77. The molecule has 2 aromatic rings. The maximum Gasteiger partial charge on any atom is 0.227 e. The van der Waals surface area contributed by atoms with Gasteiger partial charge in [0, 0.05) is 18.0 Å². The highest BCUT2D eigenvalue weighted by atomic mass is 35.5. The number of anilines is 1. The summed E-state index contributed by atoms with van der Waals surface area (Å²) in [5.74, 6) is 1.44. The molecule has 0 unspecified atom stereocenters. The second-order valence-corrected chi connectivity index (χ2v) is 6.75. The van der Waals surface area contributed by atoms with Gasteiger partial charge in [-0.05, 0) is 63.4 Å². The van der Waals surface area contributed by atoms with E-state index >= 15 is 0 Å². The van der Waals surface area contributed by atoms with Gasteiger partial charge >= 0.3 is 0 Å². The molecule has 1 aliphatic heterocycles. The molecular formula is C20H26ClN3O2. The van der Waals surface area contributed by atoms with Crippen LogP contribution in [0, 0.1) is 19.8 Å². The molecule has 1 fully saturated rings. The minimum Gasteiger partial charge on any atom is -0.439 e. The van der Waals surface area contributed by atoms with E-state index in [1.807, 2.05) is 25.1 Å². The van der Waals surface area contributed by atoms with Crippen molar-refractivity contribution < 1.29 is 9.53 Å². The van der Waals surface area contributed by atoms with Gasteiger partial charge in [-0.15, -0.1) is 12.4 Å². The molecule has 0 spiro atoms. The smallest absolute Gasteiger partial charge is 0.227 e. The number of hydrogen-bond donors (Lipinski definition) is 2. The predicted molar refractivity (Wildman–Crippen MR) is 106 cm³/mol. The van der Waals surface area contributed by atoms with Crippen LogP contribution in [0.5, 0.6) is 11.6 Å². The van der Waals surface area contributed by atoms with E-state index in [1.165, 1.54) is 5.56 Å². The number of benzene rings is 1. The summed E-state index contributed by atoms with van der Waals surface area (Å²) in [6.45, 7) is 7.08. The second-order valence-electron chi connectivity index (χ2n) is 6.75. The minimum absolute atomic E-state index is 0. The van der Waals surface area contributed by atoms with E-state index < -0.39 is 0 Å². The zero-order valence-electron chi connectivity index (χ0n) is 15.4. The van der Waals surface area contributed by atoms with Crippen molar-refractivity contribution in [2.24, 2.45) is 5.92 Å². The molecule has 5 nitrogen and oxygen atoms in total. The molecule has 1 aromatic carbocycles. The van der Waals surface area contributed by atoms with Crippen LogP contribution in [0.1, 0.15) is 30.9 Å². The van der Waals surface area contributed by atoms with Gasteiger partial charge in [0.05, 0.1) is 11.9 Å². The van der Waals surface area contributed by atoms with E-state index in [1.54, 1.807) is 12.3 Å². The Morgan fingerprint density at radius 1 is 1.27 bits per heavy atom. The van der Waals surface area contributed by atoms with Crippen LogP contribution in [0.15, 0.2) is 36.5 Å². The highest BCUT2D eigenvalue weighted by molar-refractivity contribution is 5.92. The fraction of sp³-hybridized carbons (Fsp3) is 0.400. The molecule has 3 rings (SSSR count). The Balaban J connectivity index is 0.00000243. The molecule has 0 aliphatic carbocycles.